The van der Waals surface area contributed by atoms with Crippen molar-refractivity contribution in [2.45, 2.75) is 39.9 Å². The number of benzene rings is 2. The fourth-order valence-electron chi connectivity index (χ4n) is 3.03. The lowest BCUT2D eigenvalue weighted by Crippen LogP contribution is -2.35. The summed E-state index contributed by atoms with van der Waals surface area (Å²) in [7, 11) is 0. The molecule has 0 N–H and O–H groups in total. The van der Waals surface area contributed by atoms with E-state index in [1.165, 1.54) is 0 Å². The van der Waals surface area contributed by atoms with Crippen LogP contribution < -0.4 is 9.47 Å². The number of carbonyl (C=O) groups is 3. The predicted octanol–water partition coefficient (Wildman–Crippen LogP) is 5.70. The Morgan fingerprint density at radius 2 is 1.88 bits per heavy atom. The van der Waals surface area contributed by atoms with Gasteiger partial charge in [0.2, 0.25) is 0 Å². The third-order valence-corrected chi connectivity index (χ3v) is 6.25. The quantitative estimate of drug-likeness (QED) is 0.304. The molecule has 1 aliphatic rings. The summed E-state index contributed by atoms with van der Waals surface area (Å²) in [5, 5.41) is 0.0999. The van der Waals surface area contributed by atoms with Crippen LogP contribution in [-0.2, 0) is 20.9 Å². The summed E-state index contributed by atoms with van der Waals surface area (Å²) >= 11 is 6.98. The van der Waals surface area contributed by atoms with Crippen LogP contribution >= 0.6 is 23.4 Å². The second-order valence-electron chi connectivity index (χ2n) is 7.50. The third-order valence-electron chi connectivity index (χ3n) is 4.97. The first-order chi connectivity index (χ1) is 16.3. The minimum Gasteiger partial charge on any atom is -0.490 e. The van der Waals surface area contributed by atoms with E-state index in [9.17, 15) is 14.4 Å². The first-order valence-corrected chi connectivity index (χ1v) is 12.1. The van der Waals surface area contributed by atoms with Gasteiger partial charge >= 0.3 is 5.97 Å². The molecule has 1 fully saturated rings. The molecule has 2 amide bonds. The maximum Gasteiger partial charge on any atom is 0.326 e. The average Bonchev–Trinajstić information content (AvgIpc) is 3.06. The van der Waals surface area contributed by atoms with Gasteiger partial charge in [0.05, 0.1) is 17.6 Å². The normalized spacial score (nSPS) is 15.5. The third kappa shape index (κ3) is 6.55. The van der Waals surface area contributed by atoms with Crippen LogP contribution in [0.5, 0.6) is 11.5 Å². The highest BCUT2D eigenvalue weighted by Gasteiger charge is 2.36. The fraction of sp³-hybridized carbons (Fsp3) is 0.320. The molecular weight excluding hydrogens is 478 g/mol. The van der Waals surface area contributed by atoms with E-state index in [1.54, 1.807) is 37.3 Å². The Balaban J connectivity index is 1.74. The summed E-state index contributed by atoms with van der Waals surface area (Å²) in [5.41, 5.74) is 1.50. The Morgan fingerprint density at radius 3 is 2.59 bits per heavy atom. The Hall–Kier alpha value is -2.97. The number of imide groups is 1. The molecule has 1 saturated heterocycles. The molecule has 3 rings (SSSR count). The number of hydrogen-bond donors (Lipinski definition) is 0. The van der Waals surface area contributed by atoms with Crippen LogP contribution in [-0.4, -0.2) is 41.3 Å². The second-order valence-corrected chi connectivity index (χ2v) is 8.90. The minimum absolute atomic E-state index is 0.216. The van der Waals surface area contributed by atoms with Crippen molar-refractivity contribution >= 4 is 46.6 Å². The number of amides is 2. The Kier molecular flexibility index (Phi) is 9.01. The van der Waals surface area contributed by atoms with Gasteiger partial charge in [-0.1, -0.05) is 42.8 Å². The van der Waals surface area contributed by atoms with Gasteiger partial charge in [0.15, 0.2) is 11.5 Å². The van der Waals surface area contributed by atoms with Crippen LogP contribution in [0.3, 0.4) is 0 Å². The van der Waals surface area contributed by atoms with Crippen LogP contribution in [0.15, 0.2) is 47.4 Å². The zero-order chi connectivity index (χ0) is 24.7. The summed E-state index contributed by atoms with van der Waals surface area (Å²) in [4.78, 5) is 38.2. The molecule has 34 heavy (non-hydrogen) atoms. The molecule has 7 nitrogen and oxygen atoms in total. The van der Waals surface area contributed by atoms with Crippen LogP contribution in [0.25, 0.3) is 6.08 Å². The van der Waals surface area contributed by atoms with E-state index in [4.69, 9.17) is 25.8 Å². The van der Waals surface area contributed by atoms with Crippen LogP contribution in [0, 0.1) is 0 Å². The Morgan fingerprint density at radius 1 is 1.12 bits per heavy atom. The molecule has 2 aromatic carbocycles. The molecule has 1 aliphatic heterocycles. The molecule has 0 unspecified atom stereocenters. The van der Waals surface area contributed by atoms with E-state index >= 15 is 0 Å². The first-order valence-electron chi connectivity index (χ1n) is 10.9. The van der Waals surface area contributed by atoms with E-state index < -0.39 is 23.7 Å². The van der Waals surface area contributed by atoms with Gasteiger partial charge in [-0.05, 0) is 61.9 Å². The molecule has 1 heterocycles. The summed E-state index contributed by atoms with van der Waals surface area (Å²) < 4.78 is 16.8. The lowest BCUT2D eigenvalue weighted by Gasteiger charge is -2.15. The van der Waals surface area contributed by atoms with Crippen molar-refractivity contribution in [2.24, 2.45) is 0 Å². The first kappa shape index (κ1) is 25.6. The maximum absolute atomic E-state index is 12.7. The van der Waals surface area contributed by atoms with Crippen molar-refractivity contribution in [3.05, 3.63) is 63.5 Å². The van der Waals surface area contributed by atoms with Crippen molar-refractivity contribution in [1.29, 1.82) is 0 Å². The van der Waals surface area contributed by atoms with Gasteiger partial charge in [0.1, 0.15) is 13.2 Å². The molecule has 1 atom stereocenters. The number of rotatable bonds is 10. The summed E-state index contributed by atoms with van der Waals surface area (Å²) in [6.07, 6.45) is 1.96. The average molecular weight is 504 g/mol. The number of thioether (sulfide) groups is 1. The van der Waals surface area contributed by atoms with Crippen molar-refractivity contribution in [1.82, 2.24) is 4.90 Å². The number of nitrogens with zero attached hydrogens (tertiary/aromatic N) is 1. The van der Waals surface area contributed by atoms with E-state index in [2.05, 4.69) is 0 Å². The zero-order valence-corrected chi connectivity index (χ0v) is 20.8. The summed E-state index contributed by atoms with van der Waals surface area (Å²) in [5.74, 6) is -0.121. The van der Waals surface area contributed by atoms with Gasteiger partial charge < -0.3 is 14.2 Å². The molecule has 0 spiro atoms. The van der Waals surface area contributed by atoms with Crippen LogP contribution in [0.1, 0.15) is 38.3 Å². The van der Waals surface area contributed by atoms with Crippen molar-refractivity contribution in [2.75, 3.05) is 13.2 Å². The molecule has 0 radical (unpaired) electrons. The molecule has 9 heteroatoms. The van der Waals surface area contributed by atoms with E-state index in [1.807, 2.05) is 32.0 Å². The van der Waals surface area contributed by atoms with E-state index in [0.717, 1.165) is 22.2 Å². The SMILES string of the molecule is CCOc1cc(/C=C2/SC(=O)N(CC(=O)O[C@@H](C)CC)C2=O)ccc1OCc1ccccc1Cl. The topological polar surface area (TPSA) is 82.1 Å². The van der Waals surface area contributed by atoms with E-state index in [0.29, 0.717) is 35.1 Å². The molecule has 0 aromatic heterocycles. The maximum atomic E-state index is 12.7. The van der Waals surface area contributed by atoms with Gasteiger partial charge in [0, 0.05) is 10.6 Å². The lowest BCUT2D eigenvalue weighted by atomic mass is 10.1. The summed E-state index contributed by atoms with van der Waals surface area (Å²) in [6, 6.07) is 12.6. The number of ether oxygens (including phenoxy) is 3. The smallest absolute Gasteiger partial charge is 0.326 e. The van der Waals surface area contributed by atoms with Gasteiger partial charge in [0.25, 0.3) is 11.1 Å². The Labute approximate surface area is 208 Å². The van der Waals surface area contributed by atoms with Gasteiger partial charge in [-0.3, -0.25) is 19.3 Å². The zero-order valence-electron chi connectivity index (χ0n) is 19.2. The highest BCUT2D eigenvalue weighted by atomic mass is 35.5. The molecule has 0 saturated carbocycles. The van der Waals surface area contributed by atoms with Gasteiger partial charge in [-0.15, -0.1) is 0 Å². The fourth-order valence-corrected chi connectivity index (χ4v) is 4.06. The Bertz CT molecular complexity index is 1100. The molecule has 2 aromatic rings. The largest absolute Gasteiger partial charge is 0.490 e. The number of esters is 1. The van der Waals surface area contributed by atoms with E-state index in [-0.39, 0.29) is 17.6 Å². The monoisotopic (exact) mass is 503 g/mol. The second kappa shape index (κ2) is 11.9. The summed E-state index contributed by atoms with van der Waals surface area (Å²) in [6.45, 7) is 5.76. The van der Waals surface area contributed by atoms with Crippen LogP contribution in [0.2, 0.25) is 5.02 Å². The highest BCUT2D eigenvalue weighted by Crippen LogP contribution is 2.35. The standard InChI is InChI=1S/C25H26ClNO6S/c1-4-16(3)33-23(28)14-27-24(29)22(34-25(27)30)13-17-10-11-20(21(12-17)31-5-2)32-15-18-8-6-7-9-19(18)26/h6-13,16H,4-5,14-15H2,1-3H3/b22-13+/t16-/m0/s1. The van der Waals surface area contributed by atoms with Crippen LogP contribution in [0.4, 0.5) is 4.79 Å². The van der Waals surface area contributed by atoms with Gasteiger partial charge in [-0.2, -0.15) is 0 Å². The number of carbonyl (C=O) groups excluding carboxylic acids is 3. The van der Waals surface area contributed by atoms with Gasteiger partial charge in [-0.25, -0.2) is 0 Å². The van der Waals surface area contributed by atoms with Crippen molar-refractivity contribution < 1.29 is 28.6 Å². The minimum atomic E-state index is -0.614. The van der Waals surface area contributed by atoms with Crippen molar-refractivity contribution in [3.63, 3.8) is 0 Å². The number of hydrogen-bond acceptors (Lipinski definition) is 7. The lowest BCUT2D eigenvalue weighted by molar-refractivity contribution is -0.150. The molecular formula is C25H26ClNO6S. The molecule has 0 bridgehead atoms. The number of halogens is 1. The molecule has 0 aliphatic carbocycles. The molecule has 180 valence electrons. The predicted molar refractivity (Wildman–Crippen MR) is 132 cm³/mol. The van der Waals surface area contributed by atoms with Crippen molar-refractivity contribution in [3.8, 4) is 11.5 Å². The highest BCUT2D eigenvalue weighted by molar-refractivity contribution is 8.18.